The Kier molecular flexibility index (Phi) is 6.92. The number of methoxy groups -OCH3 is 1. The van der Waals surface area contributed by atoms with Crippen LogP contribution in [0.2, 0.25) is 0 Å². The maximum Gasteiger partial charge on any atom is 0.401 e. The van der Waals surface area contributed by atoms with E-state index in [0.717, 1.165) is 48.0 Å². The van der Waals surface area contributed by atoms with Gasteiger partial charge >= 0.3 is 6.18 Å². The molecule has 12 heteroatoms. The number of fused-ring (bicyclic) bond motifs is 1. The molecule has 36 heavy (non-hydrogen) atoms. The average molecular weight is 508 g/mol. The van der Waals surface area contributed by atoms with Gasteiger partial charge in [0.15, 0.2) is 0 Å². The van der Waals surface area contributed by atoms with Gasteiger partial charge in [-0.15, -0.1) is 5.10 Å². The Morgan fingerprint density at radius 1 is 1.19 bits per heavy atom. The summed E-state index contributed by atoms with van der Waals surface area (Å²) in [4.78, 5) is 5.90. The molecule has 0 amide bonds. The van der Waals surface area contributed by atoms with Crippen LogP contribution in [-0.2, 0) is 4.74 Å². The number of aliphatic hydroxyl groups excluding tert-OH is 1. The van der Waals surface area contributed by atoms with E-state index in [9.17, 15) is 18.3 Å². The van der Waals surface area contributed by atoms with Crippen molar-refractivity contribution in [2.45, 2.75) is 62.9 Å². The Labute approximate surface area is 207 Å². The number of anilines is 1. The van der Waals surface area contributed by atoms with E-state index in [0.29, 0.717) is 25.6 Å². The van der Waals surface area contributed by atoms with Crippen LogP contribution in [0, 0.1) is 0 Å². The van der Waals surface area contributed by atoms with Crippen molar-refractivity contribution in [3.63, 3.8) is 0 Å². The molecule has 0 spiro atoms. The predicted octanol–water partition coefficient (Wildman–Crippen LogP) is 3.48. The first kappa shape index (κ1) is 25.0. The van der Waals surface area contributed by atoms with Crippen LogP contribution >= 0.6 is 0 Å². The summed E-state index contributed by atoms with van der Waals surface area (Å²) in [7, 11) is 1.65. The van der Waals surface area contributed by atoms with Gasteiger partial charge in [0.1, 0.15) is 0 Å². The molecule has 4 heterocycles. The van der Waals surface area contributed by atoms with E-state index >= 15 is 0 Å². The van der Waals surface area contributed by atoms with Gasteiger partial charge in [-0.25, -0.2) is 9.50 Å². The number of rotatable bonds is 8. The lowest BCUT2D eigenvalue weighted by molar-refractivity contribution is -0.157. The Morgan fingerprint density at radius 2 is 1.94 bits per heavy atom. The summed E-state index contributed by atoms with van der Waals surface area (Å²) in [6.07, 6.45) is 4.24. The highest BCUT2D eigenvalue weighted by molar-refractivity contribution is 5.81. The molecule has 5 rings (SSSR count). The summed E-state index contributed by atoms with van der Waals surface area (Å²) in [6.45, 7) is 2.27. The monoisotopic (exact) mass is 507 g/mol. The van der Waals surface area contributed by atoms with Gasteiger partial charge in [-0.05, 0) is 38.7 Å². The van der Waals surface area contributed by atoms with Crippen molar-refractivity contribution in [3.8, 4) is 11.1 Å². The van der Waals surface area contributed by atoms with Crippen LogP contribution in [0.5, 0.6) is 0 Å². The van der Waals surface area contributed by atoms with Crippen molar-refractivity contribution >= 4 is 11.5 Å². The fourth-order valence-corrected chi connectivity index (χ4v) is 5.26. The maximum absolute atomic E-state index is 12.6. The summed E-state index contributed by atoms with van der Waals surface area (Å²) in [6, 6.07) is 2.07. The molecular weight excluding hydrogens is 475 g/mol. The molecule has 196 valence electrons. The number of nitrogens with zero attached hydrogens (tertiary/aromatic N) is 6. The topological polar surface area (TPSA) is 92.7 Å². The number of ether oxygens (including phenoxy) is 1. The first-order valence-corrected chi connectivity index (χ1v) is 12.4. The lowest BCUT2D eigenvalue weighted by atomic mass is 9.85. The van der Waals surface area contributed by atoms with E-state index in [4.69, 9.17) is 9.84 Å². The van der Waals surface area contributed by atoms with Crippen molar-refractivity contribution in [2.24, 2.45) is 0 Å². The third-order valence-electron chi connectivity index (χ3n) is 7.08. The lowest BCUT2D eigenvalue weighted by Crippen LogP contribution is -2.51. The van der Waals surface area contributed by atoms with Gasteiger partial charge in [0, 0.05) is 55.2 Å². The average Bonchev–Trinajstić information content (AvgIpc) is 3.41. The van der Waals surface area contributed by atoms with Crippen LogP contribution in [0.1, 0.15) is 50.3 Å². The number of nitrogens with one attached hydrogen (secondary N) is 1. The van der Waals surface area contributed by atoms with Crippen LogP contribution in [0.25, 0.3) is 16.6 Å². The summed E-state index contributed by atoms with van der Waals surface area (Å²) in [5.74, 6) is 0.757. The summed E-state index contributed by atoms with van der Waals surface area (Å²) < 4.78 is 46.8. The Bertz CT molecular complexity index is 1180. The predicted molar refractivity (Wildman–Crippen MR) is 128 cm³/mol. The zero-order valence-electron chi connectivity index (χ0n) is 20.4. The van der Waals surface area contributed by atoms with Gasteiger partial charge in [-0.3, -0.25) is 9.58 Å². The molecule has 2 aliphatic rings. The van der Waals surface area contributed by atoms with Gasteiger partial charge in [0.25, 0.3) is 0 Å². The van der Waals surface area contributed by atoms with Gasteiger partial charge in [-0.1, -0.05) is 0 Å². The zero-order chi connectivity index (χ0) is 25.4. The number of aromatic nitrogens is 5. The van der Waals surface area contributed by atoms with Gasteiger partial charge in [0.05, 0.1) is 43.2 Å². The molecule has 1 atom stereocenters. The molecule has 1 saturated carbocycles. The minimum absolute atomic E-state index is 0.0355. The fourth-order valence-electron chi connectivity index (χ4n) is 5.26. The smallest absolute Gasteiger partial charge is 0.393 e. The van der Waals surface area contributed by atoms with Crippen LogP contribution in [-0.4, -0.2) is 86.1 Å². The van der Waals surface area contributed by atoms with E-state index in [1.54, 1.807) is 24.2 Å². The molecule has 0 radical (unpaired) electrons. The fraction of sp³-hybridized carbons (Fsp3) is 0.625. The van der Waals surface area contributed by atoms with Crippen molar-refractivity contribution in [1.82, 2.24) is 29.3 Å². The Morgan fingerprint density at radius 3 is 2.64 bits per heavy atom. The van der Waals surface area contributed by atoms with E-state index < -0.39 is 12.7 Å². The quantitative estimate of drug-likeness (QED) is 0.482. The van der Waals surface area contributed by atoms with Crippen LogP contribution in [0.4, 0.5) is 19.1 Å². The summed E-state index contributed by atoms with van der Waals surface area (Å²) in [5, 5.41) is 22.5. The third kappa shape index (κ3) is 5.35. The highest BCUT2D eigenvalue weighted by Gasteiger charge is 2.38. The Hall–Kier alpha value is -2.70. The number of halogens is 3. The second kappa shape index (κ2) is 9.98. The molecular formula is C24H32F3N7O2. The maximum atomic E-state index is 12.6. The number of aliphatic hydroxyl groups is 1. The van der Waals surface area contributed by atoms with Crippen molar-refractivity contribution < 1.29 is 23.0 Å². The SMILES string of the molecule is COC[C@H](C)Nc1ncc2c(-c3cnn(C4CN(CC(F)(F)F)C4)c3)cc(C3CCC(O)CC3)n2n1. The number of hydrogen-bond donors (Lipinski definition) is 2. The molecule has 0 aromatic carbocycles. The minimum Gasteiger partial charge on any atom is -0.393 e. The molecule has 1 aliphatic heterocycles. The number of likely N-dealkylation sites (tertiary alicyclic amines) is 1. The summed E-state index contributed by atoms with van der Waals surface area (Å²) >= 11 is 0. The third-order valence-corrected chi connectivity index (χ3v) is 7.08. The van der Waals surface area contributed by atoms with Crippen molar-refractivity contribution in [2.75, 3.05) is 38.7 Å². The number of hydrogen-bond acceptors (Lipinski definition) is 7. The molecule has 3 aromatic heterocycles. The lowest BCUT2D eigenvalue weighted by Gasteiger charge is -2.39. The highest BCUT2D eigenvalue weighted by atomic mass is 19.4. The number of alkyl halides is 3. The molecule has 0 bridgehead atoms. The molecule has 3 aromatic rings. The first-order valence-electron chi connectivity index (χ1n) is 12.4. The van der Waals surface area contributed by atoms with Gasteiger partial charge in [0.2, 0.25) is 5.95 Å². The molecule has 0 unspecified atom stereocenters. The minimum atomic E-state index is -4.19. The first-order chi connectivity index (χ1) is 17.2. The largest absolute Gasteiger partial charge is 0.401 e. The van der Waals surface area contributed by atoms with Crippen LogP contribution < -0.4 is 5.32 Å². The molecule has 1 aliphatic carbocycles. The van der Waals surface area contributed by atoms with Crippen molar-refractivity contribution in [3.05, 3.63) is 30.4 Å². The second-order valence-corrected chi connectivity index (χ2v) is 10.0. The van der Waals surface area contributed by atoms with Crippen LogP contribution in [0.15, 0.2) is 24.7 Å². The summed E-state index contributed by atoms with van der Waals surface area (Å²) in [5.41, 5.74) is 3.71. The molecule has 2 N–H and O–H groups in total. The van der Waals surface area contributed by atoms with E-state index in [-0.39, 0.29) is 24.1 Å². The molecule has 1 saturated heterocycles. The highest BCUT2D eigenvalue weighted by Crippen LogP contribution is 2.38. The molecule has 2 fully saturated rings. The second-order valence-electron chi connectivity index (χ2n) is 10.0. The molecule has 9 nitrogen and oxygen atoms in total. The van der Waals surface area contributed by atoms with Gasteiger partial charge < -0.3 is 15.2 Å². The van der Waals surface area contributed by atoms with E-state index in [1.165, 1.54) is 4.90 Å². The van der Waals surface area contributed by atoms with Gasteiger partial charge in [-0.2, -0.15) is 18.3 Å². The van der Waals surface area contributed by atoms with E-state index in [2.05, 4.69) is 21.5 Å². The van der Waals surface area contributed by atoms with Crippen molar-refractivity contribution in [1.29, 1.82) is 0 Å². The normalized spacial score (nSPS) is 22.6. The standard InChI is InChI=1S/C24H32F3N7O2/c1-15(13-36-2)30-23-28-9-22-20(7-21(34(22)31-23)16-3-5-19(35)6-4-16)17-8-29-33(10-17)18-11-32(12-18)14-24(25,26)27/h7-10,15-16,18-19,35H,3-6,11-14H2,1-2H3,(H,30,31)/t15-,16?,19?/m0/s1. The van der Waals surface area contributed by atoms with Crippen LogP contribution in [0.3, 0.4) is 0 Å². The zero-order valence-corrected chi connectivity index (χ0v) is 20.4. The Balaban J connectivity index is 1.42. The van der Waals surface area contributed by atoms with E-state index in [1.807, 2.05) is 17.6 Å².